The Labute approximate surface area is 126 Å². The van der Waals surface area contributed by atoms with Crippen molar-refractivity contribution in [2.75, 3.05) is 20.2 Å². The van der Waals surface area contributed by atoms with Crippen LogP contribution in [0.4, 0.5) is 0 Å². The number of hydrogen-bond acceptors (Lipinski definition) is 8. The van der Waals surface area contributed by atoms with E-state index in [1.165, 1.54) is 5.51 Å². The van der Waals surface area contributed by atoms with Gasteiger partial charge in [-0.25, -0.2) is 18.2 Å². The molecule has 0 saturated carbocycles. The second kappa shape index (κ2) is 7.69. The zero-order valence-electron chi connectivity index (χ0n) is 11.1. The van der Waals surface area contributed by atoms with Crippen LogP contribution in [0.25, 0.3) is 0 Å². The maximum atomic E-state index is 12.5. The summed E-state index contributed by atoms with van der Waals surface area (Å²) in [5, 5.41) is 17.2. The fourth-order valence-corrected chi connectivity index (χ4v) is 4.18. The first-order valence-corrected chi connectivity index (χ1v) is 8.06. The minimum atomic E-state index is -4.00. The van der Waals surface area contributed by atoms with Crippen molar-refractivity contribution < 1.29 is 17.9 Å². The summed E-state index contributed by atoms with van der Waals surface area (Å²) in [5.74, 6) is -0.852. The van der Waals surface area contributed by atoms with Gasteiger partial charge in [0.05, 0.1) is 24.8 Å². The molecule has 0 aromatic carbocycles. The molecule has 0 amide bonds. The van der Waals surface area contributed by atoms with Gasteiger partial charge in [0.25, 0.3) is 10.0 Å². The first-order chi connectivity index (χ1) is 9.98. The Morgan fingerprint density at radius 2 is 1.95 bits per heavy atom. The van der Waals surface area contributed by atoms with E-state index in [1.807, 2.05) is 12.1 Å². The highest BCUT2D eigenvalue weighted by molar-refractivity contribution is 7.91. The SMILES string of the molecule is COC(=O)c1ncsc1S(=O)(=O)N(CCC#N)CCC#N. The van der Waals surface area contributed by atoms with Gasteiger partial charge in [-0.1, -0.05) is 0 Å². The van der Waals surface area contributed by atoms with E-state index in [9.17, 15) is 13.2 Å². The van der Waals surface area contributed by atoms with Gasteiger partial charge in [0, 0.05) is 25.9 Å². The van der Waals surface area contributed by atoms with Crippen LogP contribution in [-0.2, 0) is 14.8 Å². The van der Waals surface area contributed by atoms with E-state index in [-0.39, 0.29) is 35.8 Å². The van der Waals surface area contributed by atoms with Crippen LogP contribution < -0.4 is 0 Å². The molecular formula is C11H12N4O4S2. The van der Waals surface area contributed by atoms with Crippen LogP contribution in [0, 0.1) is 22.7 Å². The average Bonchev–Trinajstić information content (AvgIpc) is 2.96. The number of carbonyl (C=O) groups is 1. The Bertz CT molecular complexity index is 666. The lowest BCUT2D eigenvalue weighted by atomic mass is 10.4. The summed E-state index contributed by atoms with van der Waals surface area (Å²) in [7, 11) is -2.88. The maximum absolute atomic E-state index is 12.5. The number of methoxy groups -OCH3 is 1. The molecule has 112 valence electrons. The van der Waals surface area contributed by atoms with Gasteiger partial charge in [0.15, 0.2) is 9.90 Å². The number of nitriles is 2. The minimum Gasteiger partial charge on any atom is -0.464 e. The first-order valence-electron chi connectivity index (χ1n) is 5.74. The van der Waals surface area contributed by atoms with E-state index >= 15 is 0 Å². The Morgan fingerprint density at radius 3 is 2.43 bits per heavy atom. The van der Waals surface area contributed by atoms with Crippen LogP contribution in [-0.4, -0.2) is 43.9 Å². The monoisotopic (exact) mass is 328 g/mol. The molecule has 0 atom stereocenters. The molecule has 0 spiro atoms. The van der Waals surface area contributed by atoms with Crippen LogP contribution in [0.1, 0.15) is 23.3 Å². The van der Waals surface area contributed by atoms with Crippen molar-refractivity contribution in [3.05, 3.63) is 11.2 Å². The summed E-state index contributed by atoms with van der Waals surface area (Å²) >= 11 is 0.788. The van der Waals surface area contributed by atoms with Crippen LogP contribution in [0.15, 0.2) is 9.72 Å². The summed E-state index contributed by atoms with van der Waals surface area (Å²) in [6, 6.07) is 3.70. The van der Waals surface area contributed by atoms with Crippen molar-refractivity contribution in [2.24, 2.45) is 0 Å². The Morgan fingerprint density at radius 1 is 1.38 bits per heavy atom. The number of carbonyl (C=O) groups excluding carboxylic acids is 1. The normalized spacial score (nSPS) is 10.9. The highest BCUT2D eigenvalue weighted by Crippen LogP contribution is 2.25. The number of ether oxygens (including phenoxy) is 1. The van der Waals surface area contributed by atoms with Crippen molar-refractivity contribution in [3.63, 3.8) is 0 Å². The zero-order valence-corrected chi connectivity index (χ0v) is 12.8. The van der Waals surface area contributed by atoms with E-state index in [0.717, 1.165) is 22.8 Å². The molecule has 0 saturated heterocycles. The molecule has 0 aliphatic carbocycles. The topological polar surface area (TPSA) is 124 Å². The van der Waals surface area contributed by atoms with Crippen molar-refractivity contribution in [3.8, 4) is 12.1 Å². The fraction of sp³-hybridized carbons (Fsp3) is 0.455. The maximum Gasteiger partial charge on any atom is 0.358 e. The van der Waals surface area contributed by atoms with E-state index < -0.39 is 16.0 Å². The van der Waals surface area contributed by atoms with Crippen molar-refractivity contribution in [1.29, 1.82) is 10.5 Å². The van der Waals surface area contributed by atoms with Gasteiger partial charge in [0.2, 0.25) is 0 Å². The van der Waals surface area contributed by atoms with Crippen LogP contribution >= 0.6 is 11.3 Å². The Hall–Kier alpha value is -2.01. The van der Waals surface area contributed by atoms with E-state index in [4.69, 9.17) is 10.5 Å². The standard InChI is InChI=1S/C11H12N4O4S2/c1-19-10(16)9-11(20-8-14-9)21(17,18)15(6-2-4-12)7-3-5-13/h8H,2-3,6-7H2,1H3. The zero-order chi connectivity index (χ0) is 15.9. The second-order valence-electron chi connectivity index (χ2n) is 3.70. The molecule has 0 aliphatic rings. The minimum absolute atomic E-state index is 0.0168. The molecule has 1 aromatic heterocycles. The third kappa shape index (κ3) is 3.98. The molecular weight excluding hydrogens is 316 g/mol. The summed E-state index contributed by atoms with van der Waals surface area (Å²) in [6.45, 7) is -0.113. The summed E-state index contributed by atoms with van der Waals surface area (Å²) < 4.78 is 30.3. The molecule has 0 unspecified atom stereocenters. The van der Waals surface area contributed by atoms with Gasteiger partial charge < -0.3 is 4.74 Å². The number of hydrogen-bond donors (Lipinski definition) is 0. The number of thiazole rings is 1. The molecule has 8 nitrogen and oxygen atoms in total. The molecule has 0 aliphatic heterocycles. The van der Waals surface area contributed by atoms with Gasteiger partial charge in [-0.3, -0.25) is 0 Å². The average molecular weight is 328 g/mol. The second-order valence-corrected chi connectivity index (χ2v) is 6.69. The number of nitrogens with zero attached hydrogens (tertiary/aromatic N) is 4. The Kier molecular flexibility index (Phi) is 6.24. The van der Waals surface area contributed by atoms with Gasteiger partial charge >= 0.3 is 5.97 Å². The van der Waals surface area contributed by atoms with E-state index in [2.05, 4.69) is 9.72 Å². The van der Waals surface area contributed by atoms with Crippen molar-refractivity contribution >= 4 is 27.3 Å². The number of esters is 1. The van der Waals surface area contributed by atoms with Crippen LogP contribution in [0.3, 0.4) is 0 Å². The van der Waals surface area contributed by atoms with E-state index in [0.29, 0.717) is 0 Å². The molecule has 1 heterocycles. The number of rotatable bonds is 7. The third-order valence-corrected chi connectivity index (χ3v) is 5.68. The third-order valence-electron chi connectivity index (χ3n) is 2.43. The lowest BCUT2D eigenvalue weighted by Crippen LogP contribution is -2.33. The molecule has 10 heteroatoms. The van der Waals surface area contributed by atoms with Gasteiger partial charge in [-0.15, -0.1) is 11.3 Å². The molecule has 1 aromatic rings. The van der Waals surface area contributed by atoms with Crippen molar-refractivity contribution in [2.45, 2.75) is 17.1 Å². The smallest absolute Gasteiger partial charge is 0.358 e. The molecule has 0 radical (unpaired) electrons. The predicted octanol–water partition coefficient (Wildman–Crippen LogP) is 0.748. The molecule has 21 heavy (non-hydrogen) atoms. The molecule has 1 rings (SSSR count). The predicted molar refractivity (Wildman–Crippen MR) is 72.7 cm³/mol. The molecule has 0 N–H and O–H groups in total. The van der Waals surface area contributed by atoms with Crippen LogP contribution in [0.2, 0.25) is 0 Å². The Balaban J connectivity index is 3.17. The summed E-state index contributed by atoms with van der Waals surface area (Å²) in [4.78, 5) is 15.2. The quantitative estimate of drug-likeness (QED) is 0.676. The fourth-order valence-electron chi connectivity index (χ4n) is 1.47. The lowest BCUT2D eigenvalue weighted by molar-refractivity contribution is 0.0590. The first kappa shape index (κ1) is 17.0. The van der Waals surface area contributed by atoms with Gasteiger partial charge in [-0.05, 0) is 0 Å². The molecule has 0 bridgehead atoms. The largest absolute Gasteiger partial charge is 0.464 e. The highest BCUT2D eigenvalue weighted by atomic mass is 32.2. The van der Waals surface area contributed by atoms with Gasteiger partial charge in [0.1, 0.15) is 0 Å². The highest BCUT2D eigenvalue weighted by Gasteiger charge is 2.31. The van der Waals surface area contributed by atoms with E-state index in [1.54, 1.807) is 0 Å². The lowest BCUT2D eigenvalue weighted by Gasteiger charge is -2.19. The molecule has 0 fully saturated rings. The summed E-state index contributed by atoms with van der Waals surface area (Å²) in [6.07, 6.45) is -0.0337. The number of aromatic nitrogens is 1. The number of sulfonamides is 1. The summed E-state index contributed by atoms with van der Waals surface area (Å²) in [5.41, 5.74) is 0.938. The van der Waals surface area contributed by atoms with Gasteiger partial charge in [-0.2, -0.15) is 14.8 Å². The van der Waals surface area contributed by atoms with Crippen LogP contribution in [0.5, 0.6) is 0 Å². The van der Waals surface area contributed by atoms with Crippen molar-refractivity contribution in [1.82, 2.24) is 9.29 Å².